The molecule has 0 aromatic heterocycles. The van der Waals surface area contributed by atoms with Crippen LogP contribution in [0.5, 0.6) is 0 Å². The number of hydrogen-bond donors (Lipinski definition) is 0. The van der Waals surface area contributed by atoms with Crippen LogP contribution < -0.4 is 0 Å². The summed E-state index contributed by atoms with van der Waals surface area (Å²) >= 11 is 0. The van der Waals surface area contributed by atoms with E-state index in [-0.39, 0.29) is 35.5 Å². The molecule has 1 saturated heterocycles. The predicted octanol–water partition coefficient (Wildman–Crippen LogP) is 1.30. The molecule has 3 saturated carbocycles. The normalized spacial score (nSPS) is 54.0. The summed E-state index contributed by atoms with van der Waals surface area (Å²) in [6.07, 6.45) is 0.660. The second kappa shape index (κ2) is 2.81. The van der Waals surface area contributed by atoms with Crippen molar-refractivity contribution in [2.24, 2.45) is 29.1 Å². The van der Waals surface area contributed by atoms with Gasteiger partial charge in [0.05, 0.1) is 5.92 Å². The Labute approximate surface area is 105 Å². The molecule has 1 heterocycles. The van der Waals surface area contributed by atoms with Gasteiger partial charge in [0.15, 0.2) is 0 Å². The number of hydrogen-bond acceptors (Lipinski definition) is 4. The van der Waals surface area contributed by atoms with Crippen LogP contribution in [0, 0.1) is 29.1 Å². The van der Waals surface area contributed by atoms with Gasteiger partial charge in [0.25, 0.3) is 0 Å². The maximum atomic E-state index is 11.9. The largest absolute Gasteiger partial charge is 0.458 e. The van der Waals surface area contributed by atoms with Gasteiger partial charge in [-0.15, -0.1) is 0 Å². The summed E-state index contributed by atoms with van der Waals surface area (Å²) in [6.45, 7) is 7.37. The van der Waals surface area contributed by atoms with Crippen LogP contribution in [0.1, 0.15) is 20.3 Å². The van der Waals surface area contributed by atoms with Gasteiger partial charge in [-0.05, 0) is 25.2 Å². The second-order valence-electron chi connectivity index (χ2n) is 6.34. The third kappa shape index (κ3) is 0.886. The molecule has 3 aliphatic carbocycles. The number of ether oxygens (including phenoxy) is 2. The maximum Gasteiger partial charge on any atom is 0.333 e. The molecular formula is C14H16O4. The third-order valence-corrected chi connectivity index (χ3v) is 5.60. The van der Waals surface area contributed by atoms with E-state index in [4.69, 9.17) is 9.47 Å². The molecule has 4 aliphatic rings. The van der Waals surface area contributed by atoms with Crippen molar-refractivity contribution in [3.63, 3.8) is 0 Å². The van der Waals surface area contributed by atoms with Crippen molar-refractivity contribution in [1.29, 1.82) is 0 Å². The molecule has 4 nitrogen and oxygen atoms in total. The molecule has 4 fully saturated rings. The topological polar surface area (TPSA) is 52.6 Å². The van der Waals surface area contributed by atoms with Crippen LogP contribution in [-0.2, 0) is 19.1 Å². The highest BCUT2D eigenvalue weighted by molar-refractivity contribution is 5.87. The summed E-state index contributed by atoms with van der Waals surface area (Å²) < 4.78 is 10.9. The van der Waals surface area contributed by atoms with Gasteiger partial charge in [-0.1, -0.05) is 13.5 Å². The molecular weight excluding hydrogens is 232 g/mol. The lowest BCUT2D eigenvalue weighted by molar-refractivity contribution is -0.194. The molecule has 0 aromatic rings. The second-order valence-corrected chi connectivity index (χ2v) is 6.34. The van der Waals surface area contributed by atoms with Gasteiger partial charge < -0.3 is 9.47 Å². The van der Waals surface area contributed by atoms with Gasteiger partial charge in [-0.3, -0.25) is 4.79 Å². The molecule has 6 unspecified atom stereocenters. The highest BCUT2D eigenvalue weighted by Gasteiger charge is 2.87. The molecule has 4 rings (SSSR count). The Hall–Kier alpha value is -1.32. The van der Waals surface area contributed by atoms with Crippen molar-refractivity contribution in [3.8, 4) is 0 Å². The van der Waals surface area contributed by atoms with Crippen LogP contribution in [0.25, 0.3) is 0 Å². The fraction of sp³-hybridized carbons (Fsp3) is 0.714. The molecule has 0 bridgehead atoms. The molecule has 96 valence electrons. The van der Waals surface area contributed by atoms with Crippen LogP contribution in [0.4, 0.5) is 0 Å². The first-order valence-corrected chi connectivity index (χ1v) is 6.55. The fourth-order valence-electron chi connectivity index (χ4n) is 4.80. The lowest BCUT2D eigenvalue weighted by Gasteiger charge is -2.46. The van der Waals surface area contributed by atoms with Gasteiger partial charge in [-0.25, -0.2) is 4.79 Å². The van der Waals surface area contributed by atoms with Gasteiger partial charge >= 0.3 is 11.9 Å². The third-order valence-electron chi connectivity index (χ3n) is 5.60. The Kier molecular flexibility index (Phi) is 1.65. The minimum absolute atomic E-state index is 0.0496. The fourth-order valence-corrected chi connectivity index (χ4v) is 4.80. The SMILES string of the molecule is C=C(C)C(=O)OC1C2OC(=O)C3C(C)C4C[C@@]41C23. The summed E-state index contributed by atoms with van der Waals surface area (Å²) in [5, 5.41) is 0. The van der Waals surface area contributed by atoms with Crippen LogP contribution in [0.2, 0.25) is 0 Å². The van der Waals surface area contributed by atoms with Crippen LogP contribution in [-0.4, -0.2) is 24.1 Å². The van der Waals surface area contributed by atoms with E-state index < -0.39 is 0 Å². The minimum atomic E-state index is -0.363. The molecule has 0 radical (unpaired) electrons. The van der Waals surface area contributed by atoms with Crippen molar-refractivity contribution >= 4 is 11.9 Å². The molecule has 0 aromatic carbocycles. The lowest BCUT2D eigenvalue weighted by atomic mass is 9.64. The van der Waals surface area contributed by atoms with Crippen LogP contribution in [0.3, 0.4) is 0 Å². The summed E-state index contributed by atoms with van der Waals surface area (Å²) in [5.41, 5.74) is 0.463. The van der Waals surface area contributed by atoms with Gasteiger partial charge in [0, 0.05) is 16.9 Å². The Bertz CT molecular complexity index is 496. The Morgan fingerprint density at radius 1 is 1.56 bits per heavy atom. The van der Waals surface area contributed by atoms with Crippen molar-refractivity contribution in [1.82, 2.24) is 0 Å². The number of rotatable bonds is 2. The summed E-state index contributed by atoms with van der Waals surface area (Å²) in [6, 6.07) is 0. The van der Waals surface area contributed by atoms with E-state index in [0.29, 0.717) is 23.3 Å². The van der Waals surface area contributed by atoms with Crippen molar-refractivity contribution in [2.45, 2.75) is 32.5 Å². The Morgan fingerprint density at radius 3 is 2.94 bits per heavy atom. The first kappa shape index (κ1) is 10.6. The van der Waals surface area contributed by atoms with E-state index in [1.54, 1.807) is 6.92 Å². The molecule has 1 spiro atoms. The van der Waals surface area contributed by atoms with E-state index in [1.807, 2.05) is 0 Å². The van der Waals surface area contributed by atoms with Crippen molar-refractivity contribution in [3.05, 3.63) is 12.2 Å². The monoisotopic (exact) mass is 248 g/mol. The van der Waals surface area contributed by atoms with E-state index in [0.717, 1.165) is 6.42 Å². The van der Waals surface area contributed by atoms with Crippen molar-refractivity contribution < 1.29 is 19.1 Å². The van der Waals surface area contributed by atoms with E-state index >= 15 is 0 Å². The zero-order valence-electron chi connectivity index (χ0n) is 10.5. The molecule has 1 aliphatic heterocycles. The number of carbonyl (C=O) groups excluding carboxylic acids is 2. The molecule has 7 atom stereocenters. The number of carbonyl (C=O) groups is 2. The van der Waals surface area contributed by atoms with Crippen LogP contribution >= 0.6 is 0 Å². The van der Waals surface area contributed by atoms with Gasteiger partial charge in [-0.2, -0.15) is 0 Å². The quantitative estimate of drug-likeness (QED) is 0.546. The highest BCUT2D eigenvalue weighted by Crippen LogP contribution is 2.82. The van der Waals surface area contributed by atoms with Crippen molar-refractivity contribution in [2.75, 3.05) is 0 Å². The average Bonchev–Trinajstić information content (AvgIpc) is 2.95. The zero-order chi connectivity index (χ0) is 12.8. The highest BCUT2D eigenvalue weighted by atomic mass is 16.6. The lowest BCUT2D eigenvalue weighted by Crippen LogP contribution is -2.58. The first-order chi connectivity index (χ1) is 8.48. The van der Waals surface area contributed by atoms with Gasteiger partial charge in [0.2, 0.25) is 0 Å². The van der Waals surface area contributed by atoms with E-state index in [9.17, 15) is 9.59 Å². The van der Waals surface area contributed by atoms with E-state index in [2.05, 4.69) is 13.5 Å². The molecule has 0 amide bonds. The summed E-state index contributed by atoms with van der Waals surface area (Å²) in [7, 11) is 0. The average molecular weight is 248 g/mol. The van der Waals surface area contributed by atoms with Crippen LogP contribution in [0.15, 0.2) is 12.2 Å². The van der Waals surface area contributed by atoms with Gasteiger partial charge in [0.1, 0.15) is 12.2 Å². The Balaban J connectivity index is 1.64. The molecule has 4 heteroatoms. The molecule has 0 N–H and O–H groups in total. The first-order valence-electron chi connectivity index (χ1n) is 6.55. The minimum Gasteiger partial charge on any atom is -0.458 e. The summed E-state index contributed by atoms with van der Waals surface area (Å²) in [5.74, 6) is 0.817. The standard InChI is InChI=1S/C14H16O4/c1-5(2)12(15)18-11-10-9-8(13(16)17-10)6(3)7-4-14(7,9)11/h6-11H,1,4H2,2-3H3/t6?,7?,8?,9?,10?,11?,14-/m0/s1. The van der Waals surface area contributed by atoms with E-state index in [1.165, 1.54) is 0 Å². The maximum absolute atomic E-state index is 11.9. The summed E-state index contributed by atoms with van der Waals surface area (Å²) in [4.78, 5) is 23.5. The zero-order valence-corrected chi connectivity index (χ0v) is 10.5. The predicted molar refractivity (Wildman–Crippen MR) is 61.3 cm³/mol. The number of esters is 2. The molecule has 18 heavy (non-hydrogen) atoms. The smallest absolute Gasteiger partial charge is 0.333 e. The Morgan fingerprint density at radius 2 is 2.28 bits per heavy atom.